The second-order valence-corrected chi connectivity index (χ2v) is 9.07. The van der Waals surface area contributed by atoms with Gasteiger partial charge in [-0.05, 0) is 11.5 Å². The first kappa shape index (κ1) is 21.6. The third-order valence-electron chi connectivity index (χ3n) is 4.25. The normalized spacial score (nSPS) is 19.5. The third kappa shape index (κ3) is 4.78. The number of methoxy groups -OCH3 is 1. The standard InChI is InChI=1S/C17H23FN2O5S2/c1-4-26-17(27-5-2)13-6-10(18)9-19(13)16(22)11-7-15(25-3)14(21)8-12(11)20(23)24/h7-8,10,13,17,21H,4-6,9H2,1-3H3/t10?,13-/m0/s1. The number of hydrogen-bond acceptors (Lipinski definition) is 7. The fourth-order valence-corrected chi connectivity index (χ4v) is 5.92. The van der Waals surface area contributed by atoms with E-state index in [2.05, 4.69) is 0 Å². The summed E-state index contributed by atoms with van der Waals surface area (Å²) in [4.78, 5) is 25.2. The average molecular weight is 419 g/mol. The van der Waals surface area contributed by atoms with Gasteiger partial charge in [0.1, 0.15) is 11.7 Å². The molecule has 1 N–H and O–H groups in total. The largest absolute Gasteiger partial charge is 0.504 e. The van der Waals surface area contributed by atoms with E-state index >= 15 is 0 Å². The smallest absolute Gasteiger partial charge is 0.286 e. The number of nitrogens with zero attached hydrogens (tertiary/aromatic N) is 2. The number of nitro benzene ring substituents is 1. The predicted molar refractivity (Wildman–Crippen MR) is 106 cm³/mol. The molecule has 1 aliphatic heterocycles. The lowest BCUT2D eigenvalue weighted by atomic mass is 10.1. The van der Waals surface area contributed by atoms with Gasteiger partial charge in [0.15, 0.2) is 11.5 Å². The van der Waals surface area contributed by atoms with E-state index in [-0.39, 0.29) is 34.9 Å². The third-order valence-corrected chi connectivity index (χ3v) is 7.02. The zero-order valence-electron chi connectivity index (χ0n) is 15.4. The second kappa shape index (κ2) is 9.50. The van der Waals surface area contributed by atoms with Crippen molar-refractivity contribution in [3.8, 4) is 11.5 Å². The van der Waals surface area contributed by atoms with Crippen molar-refractivity contribution in [2.75, 3.05) is 25.2 Å². The summed E-state index contributed by atoms with van der Waals surface area (Å²) in [6.07, 6.45) is -0.964. The van der Waals surface area contributed by atoms with Gasteiger partial charge < -0.3 is 14.7 Å². The Kier molecular flexibility index (Phi) is 7.60. The van der Waals surface area contributed by atoms with Gasteiger partial charge in [-0.15, -0.1) is 23.5 Å². The molecule has 1 amide bonds. The van der Waals surface area contributed by atoms with Crippen LogP contribution in [0.1, 0.15) is 30.6 Å². The number of hydrogen-bond donors (Lipinski definition) is 1. The van der Waals surface area contributed by atoms with Crippen molar-refractivity contribution < 1.29 is 24.0 Å². The molecule has 1 aliphatic rings. The molecule has 2 rings (SSSR count). The van der Waals surface area contributed by atoms with Crippen LogP contribution in [0.5, 0.6) is 11.5 Å². The average Bonchev–Trinajstić information content (AvgIpc) is 3.02. The molecule has 1 saturated heterocycles. The quantitative estimate of drug-likeness (QED) is 0.391. The SMILES string of the molecule is CCSC(SCC)[C@@H]1CC(F)CN1C(=O)c1cc(OC)c(O)cc1[N+](=O)[O-]. The Hall–Kier alpha value is -1.68. The zero-order chi connectivity index (χ0) is 20.1. The maximum atomic E-state index is 14.2. The van der Waals surface area contributed by atoms with E-state index in [0.717, 1.165) is 23.6 Å². The monoisotopic (exact) mass is 418 g/mol. The number of aromatic hydroxyl groups is 1. The molecule has 0 saturated carbocycles. The Morgan fingerprint density at radius 3 is 2.59 bits per heavy atom. The van der Waals surface area contributed by atoms with E-state index in [1.807, 2.05) is 13.8 Å². The lowest BCUT2D eigenvalue weighted by Gasteiger charge is -2.30. The van der Waals surface area contributed by atoms with E-state index in [1.165, 1.54) is 12.0 Å². The van der Waals surface area contributed by atoms with Gasteiger partial charge in [0.25, 0.3) is 11.6 Å². The Bertz CT molecular complexity index is 700. The van der Waals surface area contributed by atoms with Crippen molar-refractivity contribution in [1.82, 2.24) is 4.90 Å². The van der Waals surface area contributed by atoms with Gasteiger partial charge in [-0.25, -0.2) is 4.39 Å². The van der Waals surface area contributed by atoms with E-state index in [0.29, 0.717) is 0 Å². The van der Waals surface area contributed by atoms with E-state index in [4.69, 9.17) is 4.74 Å². The van der Waals surface area contributed by atoms with Crippen LogP contribution in [0.3, 0.4) is 0 Å². The van der Waals surface area contributed by atoms with E-state index in [1.54, 1.807) is 23.5 Å². The molecule has 2 atom stereocenters. The number of nitro groups is 1. The molecule has 1 heterocycles. The van der Waals surface area contributed by atoms with E-state index in [9.17, 15) is 24.4 Å². The summed E-state index contributed by atoms with van der Waals surface area (Å²) in [6.45, 7) is 3.89. The van der Waals surface area contributed by atoms with Crippen LogP contribution < -0.4 is 4.74 Å². The fourth-order valence-electron chi connectivity index (χ4n) is 3.10. The van der Waals surface area contributed by atoms with Crippen LogP contribution in [0.15, 0.2) is 12.1 Å². The van der Waals surface area contributed by atoms with Gasteiger partial charge in [-0.2, -0.15) is 0 Å². The second-order valence-electron chi connectivity index (χ2n) is 5.94. The summed E-state index contributed by atoms with van der Waals surface area (Å²) in [5.41, 5.74) is -0.738. The van der Waals surface area contributed by atoms with Crippen LogP contribution >= 0.6 is 23.5 Å². The van der Waals surface area contributed by atoms with Crippen LogP contribution in [0.2, 0.25) is 0 Å². The van der Waals surface area contributed by atoms with Crippen molar-refractivity contribution in [2.45, 2.75) is 37.1 Å². The number of carbonyl (C=O) groups excluding carboxylic acids is 1. The maximum absolute atomic E-state index is 14.2. The van der Waals surface area contributed by atoms with Gasteiger partial charge in [-0.3, -0.25) is 14.9 Å². The fraction of sp³-hybridized carbons (Fsp3) is 0.588. The topological polar surface area (TPSA) is 92.9 Å². The van der Waals surface area contributed by atoms with Crippen LogP contribution in [0.4, 0.5) is 10.1 Å². The first-order valence-electron chi connectivity index (χ1n) is 8.57. The molecular formula is C17H23FN2O5S2. The molecule has 0 spiro atoms. The summed E-state index contributed by atoms with van der Waals surface area (Å²) >= 11 is 3.28. The van der Waals surface area contributed by atoms with Crippen molar-refractivity contribution in [3.05, 3.63) is 27.8 Å². The van der Waals surface area contributed by atoms with Crippen LogP contribution in [0.25, 0.3) is 0 Å². The molecule has 150 valence electrons. The highest BCUT2D eigenvalue weighted by atomic mass is 32.2. The Labute approximate surface area is 165 Å². The number of benzene rings is 1. The summed E-state index contributed by atoms with van der Waals surface area (Å²) < 4.78 is 19.2. The zero-order valence-corrected chi connectivity index (χ0v) is 17.0. The molecule has 7 nitrogen and oxygen atoms in total. The molecule has 0 aromatic heterocycles. The van der Waals surface area contributed by atoms with Crippen molar-refractivity contribution >= 4 is 35.1 Å². The van der Waals surface area contributed by atoms with Crippen molar-refractivity contribution in [2.24, 2.45) is 0 Å². The number of likely N-dealkylation sites (tertiary alicyclic amines) is 1. The number of rotatable bonds is 8. The highest BCUT2D eigenvalue weighted by Crippen LogP contribution is 2.39. The number of ether oxygens (including phenoxy) is 1. The lowest BCUT2D eigenvalue weighted by Crippen LogP contribution is -2.41. The summed E-state index contributed by atoms with van der Waals surface area (Å²) in [5, 5.41) is 21.2. The van der Waals surface area contributed by atoms with Gasteiger partial charge in [0.05, 0.1) is 35.3 Å². The number of phenols is 1. The first-order valence-corrected chi connectivity index (χ1v) is 10.7. The number of thioether (sulfide) groups is 2. The van der Waals surface area contributed by atoms with Gasteiger partial charge in [0, 0.05) is 12.5 Å². The summed E-state index contributed by atoms with van der Waals surface area (Å²) in [6, 6.07) is 1.68. The molecule has 1 aromatic rings. The predicted octanol–water partition coefficient (Wildman–Crippen LogP) is 3.69. The van der Waals surface area contributed by atoms with Gasteiger partial charge >= 0.3 is 0 Å². The Morgan fingerprint density at radius 2 is 2.07 bits per heavy atom. The highest BCUT2D eigenvalue weighted by Gasteiger charge is 2.42. The molecule has 1 fully saturated rings. The number of carbonyl (C=O) groups is 1. The number of halogens is 1. The van der Waals surface area contributed by atoms with Crippen LogP contribution in [-0.2, 0) is 0 Å². The van der Waals surface area contributed by atoms with E-state index < -0.39 is 28.4 Å². The minimum atomic E-state index is -1.17. The molecule has 0 radical (unpaired) electrons. The Balaban J connectivity index is 2.43. The number of phenolic OH excluding ortho intramolecular Hbond substituents is 1. The molecule has 1 unspecified atom stereocenters. The van der Waals surface area contributed by atoms with Crippen molar-refractivity contribution in [1.29, 1.82) is 0 Å². The summed E-state index contributed by atoms with van der Waals surface area (Å²) in [5.74, 6) is 0.547. The lowest BCUT2D eigenvalue weighted by molar-refractivity contribution is -0.385. The summed E-state index contributed by atoms with van der Waals surface area (Å²) in [7, 11) is 1.29. The van der Waals surface area contributed by atoms with Crippen molar-refractivity contribution in [3.63, 3.8) is 0 Å². The first-order chi connectivity index (χ1) is 12.8. The molecule has 0 aliphatic carbocycles. The van der Waals surface area contributed by atoms with Gasteiger partial charge in [0.2, 0.25) is 0 Å². The molecule has 0 bridgehead atoms. The van der Waals surface area contributed by atoms with Crippen LogP contribution in [0, 0.1) is 10.1 Å². The highest BCUT2D eigenvalue weighted by molar-refractivity contribution is 8.17. The maximum Gasteiger partial charge on any atom is 0.286 e. The number of amides is 1. The van der Waals surface area contributed by atoms with Crippen LogP contribution in [-0.4, -0.2) is 62.8 Å². The molecule has 1 aromatic carbocycles. The minimum Gasteiger partial charge on any atom is -0.504 e. The van der Waals surface area contributed by atoms with Gasteiger partial charge in [-0.1, -0.05) is 13.8 Å². The molecule has 27 heavy (non-hydrogen) atoms. The minimum absolute atomic E-state index is 0.0113. The number of alkyl halides is 1. The molecular weight excluding hydrogens is 395 g/mol. The molecule has 10 heteroatoms. The Morgan fingerprint density at radius 1 is 1.44 bits per heavy atom.